The largest absolute Gasteiger partial charge is 0.488 e. The van der Waals surface area contributed by atoms with E-state index in [0.29, 0.717) is 17.2 Å². The van der Waals surface area contributed by atoms with Crippen molar-refractivity contribution < 1.29 is 28.1 Å². The van der Waals surface area contributed by atoms with Crippen molar-refractivity contribution in [3.8, 4) is 28.5 Å². The van der Waals surface area contributed by atoms with Crippen molar-refractivity contribution in [2.24, 2.45) is 0 Å². The lowest BCUT2D eigenvalue weighted by molar-refractivity contribution is 0.129. The van der Waals surface area contributed by atoms with Gasteiger partial charge in [-0.2, -0.15) is 0 Å². The molecular formula is C24H27N3O6S. The topological polar surface area (TPSA) is 134 Å². The predicted molar refractivity (Wildman–Crippen MR) is 127 cm³/mol. The van der Waals surface area contributed by atoms with Crippen LogP contribution in [-0.2, 0) is 9.84 Å². The van der Waals surface area contributed by atoms with Crippen LogP contribution in [-0.4, -0.2) is 60.2 Å². The summed E-state index contributed by atoms with van der Waals surface area (Å²) in [6.07, 6.45) is 4.83. The van der Waals surface area contributed by atoms with Crippen molar-refractivity contribution in [3.05, 3.63) is 60.4 Å². The average Bonchev–Trinajstić information content (AvgIpc) is 3.48. The number of ether oxygens (including phenoxy) is 2. The molecule has 1 aromatic carbocycles. The number of aliphatic hydroxyl groups is 2. The second kappa shape index (κ2) is 9.88. The van der Waals surface area contributed by atoms with Crippen molar-refractivity contribution in [2.45, 2.75) is 30.5 Å². The minimum Gasteiger partial charge on any atom is -0.488 e. The molecule has 10 heteroatoms. The molecule has 9 nitrogen and oxygen atoms in total. The molecule has 3 heterocycles. The molecular weight excluding hydrogens is 458 g/mol. The molecule has 2 atom stereocenters. The maximum absolute atomic E-state index is 11.6. The highest BCUT2D eigenvalue weighted by Crippen LogP contribution is 2.33. The van der Waals surface area contributed by atoms with Crippen LogP contribution in [0, 0.1) is 0 Å². The molecule has 0 spiro atoms. The van der Waals surface area contributed by atoms with Gasteiger partial charge in [0.2, 0.25) is 0 Å². The number of nitrogens with one attached hydrogen (secondary N) is 2. The molecule has 0 aliphatic carbocycles. The minimum atomic E-state index is -3.41. The van der Waals surface area contributed by atoms with E-state index >= 15 is 0 Å². The smallest absolute Gasteiger partial charge is 0.192 e. The molecule has 0 saturated heterocycles. The van der Waals surface area contributed by atoms with Crippen molar-refractivity contribution in [1.82, 2.24) is 15.3 Å². The van der Waals surface area contributed by atoms with E-state index in [9.17, 15) is 18.6 Å². The zero-order valence-electron chi connectivity index (χ0n) is 18.9. The van der Waals surface area contributed by atoms with Crippen molar-refractivity contribution in [2.75, 3.05) is 19.5 Å². The second-order valence-electron chi connectivity index (χ2n) is 8.17. The summed E-state index contributed by atoms with van der Waals surface area (Å²) in [7, 11) is -3.41. The van der Waals surface area contributed by atoms with Crippen LogP contribution < -0.4 is 14.8 Å². The number of rotatable bonds is 9. The molecule has 3 aromatic rings. The van der Waals surface area contributed by atoms with E-state index in [1.54, 1.807) is 13.0 Å². The molecule has 1 aliphatic rings. The maximum Gasteiger partial charge on any atom is 0.192 e. The van der Waals surface area contributed by atoms with Gasteiger partial charge in [0.25, 0.3) is 0 Å². The first-order valence-electron chi connectivity index (χ1n) is 10.8. The van der Waals surface area contributed by atoms with E-state index in [1.807, 2.05) is 30.3 Å². The number of aliphatic hydroxyl groups excluding tert-OH is 2. The zero-order valence-corrected chi connectivity index (χ0v) is 19.7. The first-order chi connectivity index (χ1) is 16.2. The quantitative estimate of drug-likeness (QED) is 0.364. The third-order valence-electron chi connectivity index (χ3n) is 5.27. The molecule has 0 saturated carbocycles. The number of H-pyrrole nitrogens is 1. The first kappa shape index (κ1) is 23.8. The van der Waals surface area contributed by atoms with E-state index in [0.717, 1.165) is 35.3 Å². The van der Waals surface area contributed by atoms with Gasteiger partial charge in [0, 0.05) is 23.6 Å². The van der Waals surface area contributed by atoms with Crippen molar-refractivity contribution in [1.29, 1.82) is 0 Å². The van der Waals surface area contributed by atoms with Crippen LogP contribution in [0.2, 0.25) is 0 Å². The Morgan fingerprint density at radius 1 is 1.09 bits per heavy atom. The number of sulfone groups is 1. The fraction of sp³-hybridized carbons (Fsp3) is 0.292. The summed E-state index contributed by atoms with van der Waals surface area (Å²) in [5, 5.41) is 22.0. The Morgan fingerprint density at radius 2 is 1.85 bits per heavy atom. The highest BCUT2D eigenvalue weighted by Gasteiger charge is 2.18. The molecule has 0 bridgehead atoms. The second-order valence-corrected chi connectivity index (χ2v) is 10.1. The first-order valence-corrected chi connectivity index (χ1v) is 12.7. The summed E-state index contributed by atoms with van der Waals surface area (Å²) in [6, 6.07) is 12.2. The zero-order chi connectivity index (χ0) is 24.3. The molecule has 2 aromatic heterocycles. The van der Waals surface area contributed by atoms with Crippen LogP contribution >= 0.6 is 0 Å². The average molecular weight is 486 g/mol. The molecule has 0 amide bonds. The summed E-state index contributed by atoms with van der Waals surface area (Å²) in [4.78, 5) is 7.33. The van der Waals surface area contributed by atoms with Gasteiger partial charge in [0.15, 0.2) is 14.9 Å². The monoisotopic (exact) mass is 485 g/mol. The van der Waals surface area contributed by atoms with E-state index in [1.165, 1.54) is 18.3 Å². The molecule has 34 heavy (non-hydrogen) atoms. The lowest BCUT2D eigenvalue weighted by atomic mass is 10.1. The summed E-state index contributed by atoms with van der Waals surface area (Å²) >= 11 is 0. The fourth-order valence-electron chi connectivity index (χ4n) is 3.53. The van der Waals surface area contributed by atoms with Gasteiger partial charge in [-0.15, -0.1) is 0 Å². The van der Waals surface area contributed by atoms with Crippen LogP contribution in [0.25, 0.3) is 17.0 Å². The molecule has 1 aliphatic heterocycles. The van der Waals surface area contributed by atoms with E-state index in [2.05, 4.69) is 15.3 Å². The fourth-order valence-corrected chi connectivity index (χ4v) is 4.09. The van der Waals surface area contributed by atoms with Gasteiger partial charge in [-0.05, 0) is 49.7 Å². The Hall–Kier alpha value is -3.34. The van der Waals surface area contributed by atoms with E-state index < -0.39 is 15.9 Å². The molecule has 0 unspecified atom stereocenters. The number of aromatic nitrogens is 2. The summed E-state index contributed by atoms with van der Waals surface area (Å²) < 4.78 is 35.0. The predicted octanol–water partition coefficient (Wildman–Crippen LogP) is 2.73. The summed E-state index contributed by atoms with van der Waals surface area (Å²) in [5.41, 5.74) is 3.44. The van der Waals surface area contributed by atoms with Gasteiger partial charge in [0.05, 0.1) is 36.8 Å². The van der Waals surface area contributed by atoms with Crippen molar-refractivity contribution in [3.63, 3.8) is 0 Å². The van der Waals surface area contributed by atoms with Crippen LogP contribution in [0.1, 0.15) is 19.0 Å². The normalized spacial score (nSPS) is 16.6. The SMILES string of the molecule is C[C@@H](CO)Oc1cc(Oc2ccc(S(C)(=O)=O)nc2)cc(-c2ccc(C3=CC[C@H](CO)N3)[nH]2)c1. The highest BCUT2D eigenvalue weighted by atomic mass is 32.2. The molecule has 4 N–H and O–H groups in total. The Bertz CT molecular complexity index is 1280. The van der Waals surface area contributed by atoms with Crippen molar-refractivity contribution >= 4 is 15.5 Å². The number of hydrogen-bond acceptors (Lipinski definition) is 8. The standard InChI is InChI=1S/C24H27N3O6S/c1-15(13-28)32-19-9-16(21-6-7-23(27-21)22-5-3-17(14-29)26-22)10-20(11-19)33-18-4-8-24(25-12-18)34(2,30)31/h4-12,15,17,26-29H,3,13-14H2,1-2H3/t15-,17+/m0/s1. The van der Waals surface area contributed by atoms with E-state index in [4.69, 9.17) is 9.47 Å². The number of pyridine rings is 1. The highest BCUT2D eigenvalue weighted by molar-refractivity contribution is 7.90. The van der Waals surface area contributed by atoms with Gasteiger partial charge >= 0.3 is 0 Å². The number of benzene rings is 1. The Labute approximate surface area is 198 Å². The third kappa shape index (κ3) is 5.58. The van der Waals surface area contributed by atoms with Gasteiger partial charge in [-0.3, -0.25) is 0 Å². The van der Waals surface area contributed by atoms with Gasteiger partial charge in [0.1, 0.15) is 23.4 Å². The maximum atomic E-state index is 11.6. The number of hydrogen-bond donors (Lipinski definition) is 4. The Kier molecular flexibility index (Phi) is 6.92. The molecule has 180 valence electrons. The molecule has 0 radical (unpaired) electrons. The van der Waals surface area contributed by atoms with Crippen LogP contribution in [0.4, 0.5) is 0 Å². The Morgan fingerprint density at radius 3 is 2.50 bits per heavy atom. The lowest BCUT2D eigenvalue weighted by Gasteiger charge is -2.15. The summed E-state index contributed by atoms with van der Waals surface area (Å²) in [6.45, 7) is 1.68. The van der Waals surface area contributed by atoms with E-state index in [-0.39, 0.29) is 24.3 Å². The van der Waals surface area contributed by atoms with Gasteiger partial charge in [-0.25, -0.2) is 13.4 Å². The van der Waals surface area contributed by atoms with Crippen LogP contribution in [0.3, 0.4) is 0 Å². The number of nitrogens with zero attached hydrogens (tertiary/aromatic N) is 1. The molecule has 0 fully saturated rings. The summed E-state index contributed by atoms with van der Waals surface area (Å²) in [5.74, 6) is 1.33. The van der Waals surface area contributed by atoms with Crippen LogP contribution in [0.5, 0.6) is 17.2 Å². The Balaban J connectivity index is 1.63. The number of aromatic amines is 1. The van der Waals surface area contributed by atoms with Gasteiger partial charge < -0.3 is 30.0 Å². The van der Waals surface area contributed by atoms with Crippen LogP contribution in [0.15, 0.2) is 59.8 Å². The van der Waals surface area contributed by atoms with Gasteiger partial charge in [-0.1, -0.05) is 6.08 Å². The molecule has 4 rings (SSSR count). The third-order valence-corrected chi connectivity index (χ3v) is 6.27. The lowest BCUT2D eigenvalue weighted by Crippen LogP contribution is -2.25. The minimum absolute atomic E-state index is 0.0149.